The Kier molecular flexibility index (Phi) is 7.21. The van der Waals surface area contributed by atoms with Crippen molar-refractivity contribution in [3.05, 3.63) is 34.9 Å². The van der Waals surface area contributed by atoms with Gasteiger partial charge in [-0.2, -0.15) is 0 Å². The molecule has 1 aromatic rings. The summed E-state index contributed by atoms with van der Waals surface area (Å²) in [6.45, 7) is 1.61. The van der Waals surface area contributed by atoms with E-state index in [2.05, 4.69) is 16.0 Å². The minimum Gasteiger partial charge on any atom is -0.359 e. The summed E-state index contributed by atoms with van der Waals surface area (Å²) >= 11 is 5.84. The van der Waals surface area contributed by atoms with Gasteiger partial charge < -0.3 is 16.0 Å². The Morgan fingerprint density at radius 1 is 1.28 bits per heavy atom. The molecule has 0 unspecified atom stereocenters. The lowest BCUT2D eigenvalue weighted by molar-refractivity contribution is -0.135. The number of benzene rings is 1. The van der Waals surface area contributed by atoms with Gasteiger partial charge in [0.1, 0.15) is 0 Å². The third kappa shape index (κ3) is 6.03. The van der Waals surface area contributed by atoms with Gasteiger partial charge in [0.25, 0.3) is 0 Å². The van der Waals surface area contributed by atoms with Crippen LogP contribution in [0.2, 0.25) is 5.02 Å². The van der Waals surface area contributed by atoms with E-state index in [-0.39, 0.29) is 30.7 Å². The van der Waals surface area contributed by atoms with Crippen molar-refractivity contribution in [2.75, 3.05) is 33.2 Å². The fourth-order valence-corrected chi connectivity index (χ4v) is 2.81. The maximum atomic E-state index is 12.2. The van der Waals surface area contributed by atoms with Gasteiger partial charge in [-0.15, -0.1) is 0 Å². The number of carbonyl (C=O) groups is 3. The first-order valence-corrected chi connectivity index (χ1v) is 8.61. The van der Waals surface area contributed by atoms with Crippen LogP contribution in [0.25, 0.3) is 0 Å². The number of amides is 3. The van der Waals surface area contributed by atoms with Crippen LogP contribution in [0.5, 0.6) is 0 Å². The number of carbonyl (C=O) groups excluding carboxylic acids is 3. The van der Waals surface area contributed by atoms with Crippen LogP contribution in [0.3, 0.4) is 0 Å². The highest BCUT2D eigenvalue weighted by Crippen LogP contribution is 2.10. The molecule has 136 valence electrons. The molecule has 1 aromatic carbocycles. The van der Waals surface area contributed by atoms with Crippen LogP contribution in [0, 0.1) is 0 Å². The molecule has 1 saturated heterocycles. The molecule has 8 heteroatoms. The van der Waals surface area contributed by atoms with Crippen LogP contribution in [0.1, 0.15) is 12.0 Å². The molecule has 1 aliphatic rings. The van der Waals surface area contributed by atoms with Gasteiger partial charge in [0, 0.05) is 31.7 Å². The van der Waals surface area contributed by atoms with Crippen molar-refractivity contribution in [3.63, 3.8) is 0 Å². The van der Waals surface area contributed by atoms with E-state index in [0.717, 1.165) is 5.56 Å². The van der Waals surface area contributed by atoms with Gasteiger partial charge in [-0.05, 0) is 24.1 Å². The van der Waals surface area contributed by atoms with E-state index in [1.165, 1.54) is 7.05 Å². The number of rotatable bonds is 7. The summed E-state index contributed by atoms with van der Waals surface area (Å²) < 4.78 is 0. The van der Waals surface area contributed by atoms with Gasteiger partial charge in [0.05, 0.1) is 19.0 Å². The first-order valence-electron chi connectivity index (χ1n) is 8.23. The van der Waals surface area contributed by atoms with E-state index in [1.54, 1.807) is 4.90 Å². The SMILES string of the molecule is CNC(=O)C[C@H]1C(=O)NCCN1CC(=O)NCCc1ccc(Cl)cc1. The molecule has 25 heavy (non-hydrogen) atoms. The molecule has 0 bridgehead atoms. The number of hydrogen-bond acceptors (Lipinski definition) is 4. The molecule has 0 saturated carbocycles. The summed E-state index contributed by atoms with van der Waals surface area (Å²) in [5.74, 6) is -0.607. The maximum Gasteiger partial charge on any atom is 0.237 e. The summed E-state index contributed by atoms with van der Waals surface area (Å²) in [6.07, 6.45) is 0.742. The van der Waals surface area contributed by atoms with Gasteiger partial charge >= 0.3 is 0 Å². The lowest BCUT2D eigenvalue weighted by Gasteiger charge is -2.34. The normalized spacial score (nSPS) is 17.7. The lowest BCUT2D eigenvalue weighted by Crippen LogP contribution is -2.58. The van der Waals surface area contributed by atoms with E-state index in [4.69, 9.17) is 11.6 Å². The summed E-state index contributed by atoms with van der Waals surface area (Å²) in [4.78, 5) is 37.5. The van der Waals surface area contributed by atoms with Crippen LogP contribution >= 0.6 is 11.6 Å². The smallest absolute Gasteiger partial charge is 0.237 e. The van der Waals surface area contributed by atoms with Gasteiger partial charge in [-0.25, -0.2) is 0 Å². The molecule has 0 spiro atoms. The molecule has 1 atom stereocenters. The Hall–Kier alpha value is -2.12. The third-order valence-corrected chi connectivity index (χ3v) is 4.35. The van der Waals surface area contributed by atoms with Gasteiger partial charge in [-0.3, -0.25) is 19.3 Å². The molecule has 3 N–H and O–H groups in total. The van der Waals surface area contributed by atoms with Crippen molar-refractivity contribution in [2.45, 2.75) is 18.9 Å². The molecule has 3 amide bonds. The van der Waals surface area contributed by atoms with Crippen LogP contribution in [0.4, 0.5) is 0 Å². The first-order chi connectivity index (χ1) is 12.0. The Balaban J connectivity index is 1.81. The number of nitrogens with zero attached hydrogens (tertiary/aromatic N) is 1. The number of halogens is 1. The Bertz CT molecular complexity index is 621. The van der Waals surface area contributed by atoms with E-state index in [1.807, 2.05) is 24.3 Å². The minimum absolute atomic E-state index is 0.0421. The van der Waals surface area contributed by atoms with E-state index < -0.39 is 6.04 Å². The topological polar surface area (TPSA) is 90.5 Å². The van der Waals surface area contributed by atoms with Crippen LogP contribution in [-0.2, 0) is 20.8 Å². The molecule has 1 aliphatic heterocycles. The summed E-state index contributed by atoms with van der Waals surface area (Å²) in [7, 11) is 1.52. The van der Waals surface area contributed by atoms with Crippen LogP contribution in [-0.4, -0.2) is 61.9 Å². The van der Waals surface area contributed by atoms with Gasteiger partial charge in [0.15, 0.2) is 0 Å². The highest BCUT2D eigenvalue weighted by molar-refractivity contribution is 6.30. The third-order valence-electron chi connectivity index (χ3n) is 4.10. The zero-order valence-electron chi connectivity index (χ0n) is 14.2. The molecule has 0 radical (unpaired) electrons. The zero-order chi connectivity index (χ0) is 18.2. The first kappa shape index (κ1) is 19.2. The van der Waals surface area contributed by atoms with Crippen molar-refractivity contribution in [1.29, 1.82) is 0 Å². The number of hydrogen-bond donors (Lipinski definition) is 3. The average Bonchev–Trinajstić information content (AvgIpc) is 2.59. The Labute approximate surface area is 152 Å². The standard InChI is InChI=1S/C17H23ClN4O3/c1-19-15(23)10-14-17(25)21-8-9-22(14)11-16(24)20-7-6-12-2-4-13(18)5-3-12/h2-5,14H,6-11H2,1H3,(H,19,23)(H,20,24)(H,21,25)/t14-/m0/s1. The van der Waals surface area contributed by atoms with E-state index in [9.17, 15) is 14.4 Å². The maximum absolute atomic E-state index is 12.2. The predicted molar refractivity (Wildman–Crippen MR) is 95.2 cm³/mol. The zero-order valence-corrected chi connectivity index (χ0v) is 14.9. The summed E-state index contributed by atoms with van der Waals surface area (Å²) in [5.41, 5.74) is 1.08. The van der Waals surface area contributed by atoms with Crippen molar-refractivity contribution < 1.29 is 14.4 Å². The fraction of sp³-hybridized carbons (Fsp3) is 0.471. The van der Waals surface area contributed by atoms with E-state index in [0.29, 0.717) is 31.1 Å². The monoisotopic (exact) mass is 366 g/mol. The molecular weight excluding hydrogens is 344 g/mol. The predicted octanol–water partition coefficient (Wildman–Crippen LogP) is -0.0648. The van der Waals surface area contributed by atoms with Crippen molar-refractivity contribution >= 4 is 29.3 Å². The fourth-order valence-electron chi connectivity index (χ4n) is 2.69. The largest absolute Gasteiger partial charge is 0.359 e. The summed E-state index contributed by atoms with van der Waals surface area (Å²) in [5, 5.41) is 8.77. The molecule has 1 heterocycles. The molecule has 1 fully saturated rings. The second kappa shape index (κ2) is 9.39. The molecular formula is C17H23ClN4O3. The van der Waals surface area contributed by atoms with Crippen LogP contribution in [0.15, 0.2) is 24.3 Å². The van der Waals surface area contributed by atoms with Crippen molar-refractivity contribution in [2.24, 2.45) is 0 Å². The highest BCUT2D eigenvalue weighted by atomic mass is 35.5. The number of nitrogens with one attached hydrogen (secondary N) is 3. The molecule has 0 aromatic heterocycles. The van der Waals surface area contributed by atoms with E-state index >= 15 is 0 Å². The van der Waals surface area contributed by atoms with Crippen molar-refractivity contribution in [3.8, 4) is 0 Å². The minimum atomic E-state index is -0.615. The Morgan fingerprint density at radius 2 is 2.00 bits per heavy atom. The quantitative estimate of drug-likeness (QED) is 0.630. The van der Waals surface area contributed by atoms with Gasteiger partial charge in [0.2, 0.25) is 17.7 Å². The second-order valence-corrected chi connectivity index (χ2v) is 6.32. The Morgan fingerprint density at radius 3 is 2.68 bits per heavy atom. The van der Waals surface area contributed by atoms with Gasteiger partial charge in [-0.1, -0.05) is 23.7 Å². The average molecular weight is 367 g/mol. The number of piperazine rings is 1. The molecule has 0 aliphatic carbocycles. The lowest BCUT2D eigenvalue weighted by atomic mass is 10.1. The summed E-state index contributed by atoms with van der Waals surface area (Å²) in [6, 6.07) is 6.85. The van der Waals surface area contributed by atoms with Crippen molar-refractivity contribution in [1.82, 2.24) is 20.9 Å². The second-order valence-electron chi connectivity index (χ2n) is 5.88. The van der Waals surface area contributed by atoms with Crippen LogP contribution < -0.4 is 16.0 Å². The molecule has 7 nitrogen and oxygen atoms in total. The molecule has 2 rings (SSSR count). The highest BCUT2D eigenvalue weighted by Gasteiger charge is 2.32.